The van der Waals surface area contributed by atoms with E-state index in [9.17, 15) is 0 Å². The maximum atomic E-state index is 5.86. The lowest BCUT2D eigenvalue weighted by Crippen LogP contribution is -2.31. The van der Waals surface area contributed by atoms with E-state index in [1.807, 2.05) is 0 Å². The molecule has 0 saturated carbocycles. The molecule has 0 radical (unpaired) electrons. The third kappa shape index (κ3) is 1.68. The van der Waals surface area contributed by atoms with E-state index in [-0.39, 0.29) is 0 Å². The number of nitrogens with one attached hydrogen (secondary N) is 1. The van der Waals surface area contributed by atoms with Gasteiger partial charge in [0.25, 0.3) is 0 Å². The highest BCUT2D eigenvalue weighted by molar-refractivity contribution is 5.34. The van der Waals surface area contributed by atoms with Crippen LogP contribution in [0.25, 0.3) is 0 Å². The summed E-state index contributed by atoms with van der Waals surface area (Å²) < 4.78 is 5.86. The van der Waals surface area contributed by atoms with E-state index in [1.165, 1.54) is 30.4 Å². The molecule has 2 aliphatic heterocycles. The zero-order valence-electron chi connectivity index (χ0n) is 8.91. The zero-order chi connectivity index (χ0) is 10.1. The molecule has 1 aromatic carbocycles. The molecule has 3 rings (SSSR count). The van der Waals surface area contributed by atoms with Crippen LogP contribution >= 0.6 is 0 Å². The van der Waals surface area contributed by atoms with Gasteiger partial charge in [-0.2, -0.15) is 0 Å². The van der Waals surface area contributed by atoms with Crippen molar-refractivity contribution in [1.29, 1.82) is 0 Å². The van der Waals surface area contributed by atoms with Crippen LogP contribution < -0.4 is 5.32 Å². The Morgan fingerprint density at radius 1 is 1.20 bits per heavy atom. The SMILES string of the molecule is c1ccc2c(c1)CNC2C1CCCCO1. The molecule has 2 nitrogen and oxygen atoms in total. The second-order valence-electron chi connectivity index (χ2n) is 4.46. The molecule has 2 aliphatic rings. The molecule has 2 unspecified atom stereocenters. The van der Waals surface area contributed by atoms with Gasteiger partial charge in [-0.15, -0.1) is 0 Å². The van der Waals surface area contributed by atoms with Crippen LogP contribution in [0.15, 0.2) is 24.3 Å². The van der Waals surface area contributed by atoms with Crippen molar-refractivity contribution in [2.75, 3.05) is 6.61 Å². The molecule has 80 valence electrons. The summed E-state index contributed by atoms with van der Waals surface area (Å²) in [5.74, 6) is 0. The Morgan fingerprint density at radius 2 is 2.13 bits per heavy atom. The average Bonchev–Trinajstić information content (AvgIpc) is 2.74. The van der Waals surface area contributed by atoms with Gasteiger partial charge in [0.15, 0.2) is 0 Å². The molecule has 0 spiro atoms. The van der Waals surface area contributed by atoms with E-state index in [0.717, 1.165) is 13.2 Å². The fourth-order valence-electron chi connectivity index (χ4n) is 2.69. The van der Waals surface area contributed by atoms with Gasteiger partial charge >= 0.3 is 0 Å². The average molecular weight is 203 g/mol. The number of rotatable bonds is 1. The summed E-state index contributed by atoms with van der Waals surface area (Å²) in [7, 11) is 0. The Hall–Kier alpha value is -0.860. The minimum absolute atomic E-state index is 0.391. The van der Waals surface area contributed by atoms with Gasteiger partial charge in [-0.1, -0.05) is 24.3 Å². The van der Waals surface area contributed by atoms with Gasteiger partial charge in [-0.05, 0) is 30.4 Å². The second kappa shape index (κ2) is 3.95. The van der Waals surface area contributed by atoms with E-state index < -0.39 is 0 Å². The zero-order valence-corrected chi connectivity index (χ0v) is 8.91. The number of hydrogen-bond donors (Lipinski definition) is 1. The summed E-state index contributed by atoms with van der Waals surface area (Å²) in [6.07, 6.45) is 4.13. The van der Waals surface area contributed by atoms with Crippen LogP contribution in [-0.4, -0.2) is 12.7 Å². The van der Waals surface area contributed by atoms with E-state index in [1.54, 1.807) is 0 Å². The highest BCUT2D eigenvalue weighted by Crippen LogP contribution is 2.32. The Kier molecular flexibility index (Phi) is 2.47. The molecule has 0 bridgehead atoms. The summed E-state index contributed by atoms with van der Waals surface area (Å²) in [5.41, 5.74) is 2.89. The first-order valence-electron chi connectivity index (χ1n) is 5.88. The van der Waals surface area contributed by atoms with Crippen LogP contribution in [0.1, 0.15) is 36.4 Å². The minimum Gasteiger partial charge on any atom is -0.376 e. The molecule has 1 N–H and O–H groups in total. The number of benzene rings is 1. The minimum atomic E-state index is 0.391. The Labute approximate surface area is 90.6 Å². The maximum absolute atomic E-state index is 5.86. The molecule has 1 aromatic rings. The van der Waals surface area contributed by atoms with Crippen molar-refractivity contribution in [3.63, 3.8) is 0 Å². The number of hydrogen-bond acceptors (Lipinski definition) is 2. The van der Waals surface area contributed by atoms with Gasteiger partial charge in [0, 0.05) is 13.2 Å². The summed E-state index contributed by atoms with van der Waals surface area (Å²) >= 11 is 0. The van der Waals surface area contributed by atoms with Gasteiger partial charge in [0.2, 0.25) is 0 Å². The van der Waals surface area contributed by atoms with Crippen molar-refractivity contribution < 1.29 is 4.74 Å². The standard InChI is InChI=1S/C13H17NO/c1-2-6-11-10(5-1)9-14-13(11)12-7-3-4-8-15-12/h1-2,5-6,12-14H,3-4,7-9H2. The first-order chi connectivity index (χ1) is 7.45. The molecular weight excluding hydrogens is 186 g/mol. The largest absolute Gasteiger partial charge is 0.376 e. The molecular formula is C13H17NO. The van der Waals surface area contributed by atoms with Crippen LogP contribution in [0, 0.1) is 0 Å². The first-order valence-corrected chi connectivity index (χ1v) is 5.88. The Bertz CT molecular complexity index is 344. The van der Waals surface area contributed by atoms with Gasteiger partial charge in [-0.3, -0.25) is 0 Å². The molecule has 0 aliphatic carbocycles. The third-order valence-electron chi connectivity index (χ3n) is 3.49. The molecule has 0 aromatic heterocycles. The highest BCUT2D eigenvalue weighted by Gasteiger charge is 2.30. The van der Waals surface area contributed by atoms with E-state index in [2.05, 4.69) is 29.6 Å². The normalized spacial score (nSPS) is 30.1. The predicted molar refractivity (Wildman–Crippen MR) is 59.6 cm³/mol. The van der Waals surface area contributed by atoms with Gasteiger partial charge in [0.05, 0.1) is 12.1 Å². The second-order valence-corrected chi connectivity index (χ2v) is 4.46. The summed E-state index contributed by atoms with van der Waals surface area (Å²) in [5, 5.41) is 3.57. The molecule has 15 heavy (non-hydrogen) atoms. The lowest BCUT2D eigenvalue weighted by Gasteiger charge is -2.28. The molecule has 1 fully saturated rings. The fraction of sp³-hybridized carbons (Fsp3) is 0.538. The number of ether oxygens (including phenoxy) is 1. The smallest absolute Gasteiger partial charge is 0.0769 e. The van der Waals surface area contributed by atoms with Crippen molar-refractivity contribution in [2.45, 2.75) is 38.0 Å². The van der Waals surface area contributed by atoms with Crippen molar-refractivity contribution in [1.82, 2.24) is 5.32 Å². The first kappa shape index (κ1) is 9.37. The molecule has 2 heterocycles. The molecule has 2 atom stereocenters. The predicted octanol–water partition coefficient (Wildman–Crippen LogP) is 2.40. The third-order valence-corrected chi connectivity index (χ3v) is 3.49. The van der Waals surface area contributed by atoms with Crippen molar-refractivity contribution in [3.05, 3.63) is 35.4 Å². The van der Waals surface area contributed by atoms with Crippen molar-refractivity contribution in [2.24, 2.45) is 0 Å². The van der Waals surface area contributed by atoms with Crippen LogP contribution in [0.4, 0.5) is 0 Å². The maximum Gasteiger partial charge on any atom is 0.0769 e. The van der Waals surface area contributed by atoms with E-state index >= 15 is 0 Å². The van der Waals surface area contributed by atoms with Crippen LogP contribution in [-0.2, 0) is 11.3 Å². The molecule has 0 amide bonds. The van der Waals surface area contributed by atoms with Crippen LogP contribution in [0.3, 0.4) is 0 Å². The summed E-state index contributed by atoms with van der Waals surface area (Å²) in [6.45, 7) is 1.94. The lowest BCUT2D eigenvalue weighted by molar-refractivity contribution is -0.00606. The molecule has 1 saturated heterocycles. The monoisotopic (exact) mass is 203 g/mol. The van der Waals surface area contributed by atoms with Crippen molar-refractivity contribution >= 4 is 0 Å². The van der Waals surface area contributed by atoms with Crippen molar-refractivity contribution in [3.8, 4) is 0 Å². The number of fused-ring (bicyclic) bond motifs is 1. The Balaban J connectivity index is 1.83. The van der Waals surface area contributed by atoms with E-state index in [4.69, 9.17) is 4.74 Å². The molecule has 2 heteroatoms. The lowest BCUT2D eigenvalue weighted by atomic mass is 9.96. The van der Waals surface area contributed by atoms with Gasteiger partial charge in [0.1, 0.15) is 0 Å². The fourth-order valence-corrected chi connectivity index (χ4v) is 2.69. The highest BCUT2D eigenvalue weighted by atomic mass is 16.5. The van der Waals surface area contributed by atoms with Gasteiger partial charge < -0.3 is 10.1 Å². The summed E-state index contributed by atoms with van der Waals surface area (Å²) in [4.78, 5) is 0. The van der Waals surface area contributed by atoms with E-state index in [0.29, 0.717) is 12.1 Å². The topological polar surface area (TPSA) is 21.3 Å². The Morgan fingerprint density at radius 3 is 3.00 bits per heavy atom. The van der Waals surface area contributed by atoms with Gasteiger partial charge in [-0.25, -0.2) is 0 Å². The quantitative estimate of drug-likeness (QED) is 0.756. The summed E-state index contributed by atoms with van der Waals surface area (Å²) in [6, 6.07) is 9.12. The van der Waals surface area contributed by atoms with Crippen LogP contribution in [0.2, 0.25) is 0 Å². The van der Waals surface area contributed by atoms with Crippen LogP contribution in [0.5, 0.6) is 0 Å².